The molecule has 3 aromatic rings. The van der Waals surface area contributed by atoms with E-state index in [0.717, 1.165) is 59.9 Å². The van der Waals surface area contributed by atoms with Crippen LogP contribution in [0.1, 0.15) is 31.1 Å². The van der Waals surface area contributed by atoms with E-state index >= 15 is 0 Å². The van der Waals surface area contributed by atoms with Crippen molar-refractivity contribution >= 4 is 23.2 Å². The van der Waals surface area contributed by atoms with Gasteiger partial charge in [0, 0.05) is 42.5 Å². The second-order valence-corrected chi connectivity index (χ2v) is 9.22. The van der Waals surface area contributed by atoms with E-state index in [9.17, 15) is 9.90 Å². The zero-order chi connectivity index (χ0) is 23.0. The van der Waals surface area contributed by atoms with Crippen molar-refractivity contribution < 1.29 is 14.6 Å². The Morgan fingerprint density at radius 2 is 1.91 bits per heavy atom. The fourth-order valence-electron chi connectivity index (χ4n) is 4.19. The average molecular weight is 467 g/mol. The third kappa shape index (κ3) is 6.22. The Labute approximate surface area is 198 Å². The van der Waals surface area contributed by atoms with Crippen molar-refractivity contribution in [2.24, 2.45) is 5.92 Å². The first-order chi connectivity index (χ1) is 16.1. The maximum absolute atomic E-state index is 11.6. The molecule has 2 aromatic heterocycles. The number of thiazole rings is 1. The van der Waals surface area contributed by atoms with Crippen molar-refractivity contribution in [1.82, 2.24) is 14.9 Å². The first kappa shape index (κ1) is 23.0. The van der Waals surface area contributed by atoms with Crippen LogP contribution < -0.4 is 9.64 Å². The largest absolute Gasteiger partial charge is 0.494 e. The van der Waals surface area contributed by atoms with Crippen LogP contribution in [-0.4, -0.2) is 52.3 Å². The Morgan fingerprint density at radius 3 is 2.52 bits per heavy atom. The number of nitrogens with zero attached hydrogens (tertiary/aromatic N) is 4. The molecule has 0 unspecified atom stereocenters. The molecule has 7 nitrogen and oxygen atoms in total. The van der Waals surface area contributed by atoms with Crippen molar-refractivity contribution in [3.63, 3.8) is 0 Å². The predicted molar refractivity (Wildman–Crippen MR) is 131 cm³/mol. The van der Waals surface area contributed by atoms with Gasteiger partial charge < -0.3 is 19.6 Å². The number of ether oxygens (including phenoxy) is 1. The minimum atomic E-state index is -0.863. The van der Waals surface area contributed by atoms with Gasteiger partial charge in [0.2, 0.25) is 0 Å². The standard InChI is InChI=1S/C25H30N4O3S/c1-2-32-22-6-3-20(4-7-22)21-5-8-24(27-15-21)28-12-9-19(10-13-28)11-14-29(25(30)31)17-23-16-26-18-33-23/h3-8,15-16,18-19H,2,9-14,17H2,1H3,(H,30,31). The van der Waals surface area contributed by atoms with E-state index in [1.165, 1.54) is 16.2 Å². The highest BCUT2D eigenvalue weighted by Gasteiger charge is 2.22. The van der Waals surface area contributed by atoms with Crippen LogP contribution in [0, 0.1) is 5.92 Å². The van der Waals surface area contributed by atoms with Crippen LogP contribution in [0.5, 0.6) is 5.75 Å². The number of benzene rings is 1. The molecular formula is C25H30N4O3S. The number of anilines is 1. The number of hydrogen-bond donors (Lipinski definition) is 1. The summed E-state index contributed by atoms with van der Waals surface area (Å²) in [6.07, 6.45) is 5.81. The molecule has 33 heavy (non-hydrogen) atoms. The van der Waals surface area contributed by atoms with Crippen LogP contribution in [0.3, 0.4) is 0 Å². The molecule has 3 heterocycles. The zero-order valence-corrected chi connectivity index (χ0v) is 19.7. The van der Waals surface area contributed by atoms with Crippen LogP contribution in [0.2, 0.25) is 0 Å². The third-order valence-corrected chi connectivity index (χ3v) is 6.86. The van der Waals surface area contributed by atoms with E-state index in [1.807, 2.05) is 25.3 Å². The molecule has 0 saturated carbocycles. The number of hydrogen-bond acceptors (Lipinski definition) is 6. The van der Waals surface area contributed by atoms with Crippen LogP contribution in [0.25, 0.3) is 11.1 Å². The monoisotopic (exact) mass is 466 g/mol. The van der Waals surface area contributed by atoms with Gasteiger partial charge in [0.1, 0.15) is 11.6 Å². The summed E-state index contributed by atoms with van der Waals surface area (Å²) in [7, 11) is 0. The van der Waals surface area contributed by atoms with Crippen molar-refractivity contribution in [1.29, 1.82) is 0 Å². The molecule has 8 heteroatoms. The molecule has 0 spiro atoms. The maximum Gasteiger partial charge on any atom is 0.407 e. The summed E-state index contributed by atoms with van der Waals surface area (Å²) < 4.78 is 5.51. The molecule has 0 bridgehead atoms. The minimum absolute atomic E-state index is 0.420. The zero-order valence-electron chi connectivity index (χ0n) is 18.9. The Bertz CT molecular complexity index is 1000. The molecule has 1 aromatic carbocycles. The van der Waals surface area contributed by atoms with Crippen LogP contribution in [-0.2, 0) is 6.54 Å². The molecule has 4 rings (SSSR count). The molecule has 1 N–H and O–H groups in total. The van der Waals surface area contributed by atoms with E-state index in [4.69, 9.17) is 9.72 Å². The van der Waals surface area contributed by atoms with Crippen molar-refractivity contribution in [2.75, 3.05) is 31.1 Å². The molecule has 0 radical (unpaired) electrons. The van der Waals surface area contributed by atoms with Gasteiger partial charge in [0.25, 0.3) is 0 Å². The molecule has 1 fully saturated rings. The Morgan fingerprint density at radius 1 is 1.15 bits per heavy atom. The van der Waals surface area contributed by atoms with E-state index < -0.39 is 6.09 Å². The highest BCUT2D eigenvalue weighted by Crippen LogP contribution is 2.27. The van der Waals surface area contributed by atoms with Gasteiger partial charge >= 0.3 is 6.09 Å². The Kier molecular flexibility index (Phi) is 7.78. The lowest BCUT2D eigenvalue weighted by Gasteiger charge is -2.33. The summed E-state index contributed by atoms with van der Waals surface area (Å²) >= 11 is 1.49. The van der Waals surface area contributed by atoms with Crippen LogP contribution in [0.4, 0.5) is 10.6 Å². The highest BCUT2D eigenvalue weighted by molar-refractivity contribution is 7.09. The summed E-state index contributed by atoms with van der Waals surface area (Å²) in [6, 6.07) is 12.3. The number of amides is 1. The first-order valence-corrected chi connectivity index (χ1v) is 12.3. The van der Waals surface area contributed by atoms with E-state index in [1.54, 1.807) is 11.7 Å². The lowest BCUT2D eigenvalue weighted by molar-refractivity contribution is 0.138. The molecule has 174 valence electrons. The van der Waals surface area contributed by atoms with Crippen molar-refractivity contribution in [2.45, 2.75) is 32.7 Å². The van der Waals surface area contributed by atoms with Crippen molar-refractivity contribution in [3.8, 4) is 16.9 Å². The SMILES string of the molecule is CCOc1ccc(-c2ccc(N3CCC(CCN(Cc4cncs4)C(=O)O)CC3)nc2)cc1. The fourth-order valence-corrected chi connectivity index (χ4v) is 4.80. The number of pyridine rings is 1. The van der Waals surface area contributed by atoms with E-state index in [-0.39, 0.29) is 0 Å². The van der Waals surface area contributed by atoms with Gasteiger partial charge in [-0.05, 0) is 61.9 Å². The number of carbonyl (C=O) groups is 1. The second kappa shape index (κ2) is 11.1. The summed E-state index contributed by atoms with van der Waals surface area (Å²) in [5.74, 6) is 2.41. The molecule has 0 atom stereocenters. The molecule has 1 aliphatic heterocycles. The number of carboxylic acid groups (broad SMARTS) is 1. The lowest BCUT2D eigenvalue weighted by atomic mass is 9.93. The van der Waals surface area contributed by atoms with Gasteiger partial charge in [-0.25, -0.2) is 9.78 Å². The minimum Gasteiger partial charge on any atom is -0.494 e. The molecule has 1 saturated heterocycles. The van der Waals surface area contributed by atoms with E-state index in [0.29, 0.717) is 25.6 Å². The maximum atomic E-state index is 11.6. The predicted octanol–water partition coefficient (Wildman–Crippen LogP) is 5.39. The van der Waals surface area contributed by atoms with Crippen LogP contribution in [0.15, 0.2) is 54.3 Å². The third-order valence-electron chi connectivity index (χ3n) is 6.09. The summed E-state index contributed by atoms with van der Waals surface area (Å²) in [5.41, 5.74) is 3.95. The van der Waals surface area contributed by atoms with Gasteiger partial charge in [-0.3, -0.25) is 4.98 Å². The number of piperidine rings is 1. The topological polar surface area (TPSA) is 78.8 Å². The molecule has 1 aliphatic rings. The quantitative estimate of drug-likeness (QED) is 0.455. The summed E-state index contributed by atoms with van der Waals surface area (Å²) in [4.78, 5) is 25.1. The number of rotatable bonds is 9. The Balaban J connectivity index is 1.26. The van der Waals surface area contributed by atoms with E-state index in [2.05, 4.69) is 34.1 Å². The number of aromatic nitrogens is 2. The highest BCUT2D eigenvalue weighted by atomic mass is 32.1. The Hall–Kier alpha value is -3.13. The molecule has 1 amide bonds. The molecule has 0 aliphatic carbocycles. The summed E-state index contributed by atoms with van der Waals surface area (Å²) in [6.45, 7) is 5.52. The fraction of sp³-hybridized carbons (Fsp3) is 0.400. The lowest BCUT2D eigenvalue weighted by Crippen LogP contribution is -2.36. The smallest absolute Gasteiger partial charge is 0.407 e. The first-order valence-electron chi connectivity index (χ1n) is 11.4. The van der Waals surface area contributed by atoms with Gasteiger partial charge in [-0.2, -0.15) is 0 Å². The van der Waals surface area contributed by atoms with Crippen molar-refractivity contribution in [3.05, 3.63) is 59.2 Å². The normalized spacial score (nSPS) is 14.3. The van der Waals surface area contributed by atoms with Gasteiger partial charge in [0.05, 0.1) is 18.7 Å². The van der Waals surface area contributed by atoms with Gasteiger partial charge in [-0.15, -0.1) is 11.3 Å². The van der Waals surface area contributed by atoms with Gasteiger partial charge in [0.15, 0.2) is 0 Å². The van der Waals surface area contributed by atoms with Crippen LogP contribution >= 0.6 is 11.3 Å². The van der Waals surface area contributed by atoms with Gasteiger partial charge in [-0.1, -0.05) is 12.1 Å². The molecular weight excluding hydrogens is 436 g/mol. The second-order valence-electron chi connectivity index (χ2n) is 8.25. The average Bonchev–Trinajstić information content (AvgIpc) is 3.36. The summed E-state index contributed by atoms with van der Waals surface area (Å²) in [5, 5.41) is 9.52.